The molecule has 0 saturated carbocycles. The number of nitrogens with zero attached hydrogens (tertiary/aromatic N) is 3. The lowest BCUT2D eigenvalue weighted by atomic mass is 10.2. The first-order valence-electron chi connectivity index (χ1n) is 9.10. The number of rotatable bonds is 6. The van der Waals surface area contributed by atoms with E-state index in [-0.39, 0.29) is 17.3 Å². The maximum absolute atomic E-state index is 12.6. The van der Waals surface area contributed by atoms with Crippen molar-refractivity contribution in [1.82, 2.24) is 14.8 Å². The van der Waals surface area contributed by atoms with Crippen LogP contribution in [0.15, 0.2) is 42.5 Å². The summed E-state index contributed by atoms with van der Waals surface area (Å²) in [5.41, 5.74) is 0.974. The van der Waals surface area contributed by atoms with E-state index in [9.17, 15) is 14.4 Å². The summed E-state index contributed by atoms with van der Waals surface area (Å²) in [6.45, 7) is 4.35. The van der Waals surface area contributed by atoms with Crippen LogP contribution in [0.5, 0.6) is 5.75 Å². The fourth-order valence-electron chi connectivity index (χ4n) is 2.87. The minimum atomic E-state index is -0.399. The molecular formula is C20H22N4O4. The van der Waals surface area contributed by atoms with Gasteiger partial charge in [-0.3, -0.25) is 14.4 Å². The zero-order valence-corrected chi connectivity index (χ0v) is 15.6. The van der Waals surface area contributed by atoms with E-state index < -0.39 is 5.91 Å². The Morgan fingerprint density at radius 1 is 1.07 bits per heavy atom. The van der Waals surface area contributed by atoms with Crippen LogP contribution in [0, 0.1) is 0 Å². The van der Waals surface area contributed by atoms with Crippen molar-refractivity contribution < 1.29 is 19.1 Å². The number of pyridine rings is 1. The molecule has 0 atom stereocenters. The zero-order valence-electron chi connectivity index (χ0n) is 15.6. The molecule has 2 heterocycles. The number of anilines is 1. The van der Waals surface area contributed by atoms with Crippen LogP contribution in [0.3, 0.4) is 0 Å². The lowest BCUT2D eigenvalue weighted by molar-refractivity contribution is -0.119. The van der Waals surface area contributed by atoms with Crippen LogP contribution < -0.4 is 10.1 Å². The van der Waals surface area contributed by atoms with Crippen molar-refractivity contribution in [2.24, 2.45) is 0 Å². The second-order valence-corrected chi connectivity index (χ2v) is 6.25. The van der Waals surface area contributed by atoms with Crippen LogP contribution >= 0.6 is 0 Å². The minimum Gasteiger partial charge on any atom is -0.494 e. The highest BCUT2D eigenvalue weighted by atomic mass is 16.5. The quantitative estimate of drug-likeness (QED) is 0.767. The van der Waals surface area contributed by atoms with Gasteiger partial charge in [0.15, 0.2) is 0 Å². The van der Waals surface area contributed by atoms with Gasteiger partial charge in [0.2, 0.25) is 6.41 Å². The summed E-state index contributed by atoms with van der Waals surface area (Å²) >= 11 is 0. The van der Waals surface area contributed by atoms with Crippen molar-refractivity contribution in [2.45, 2.75) is 6.92 Å². The van der Waals surface area contributed by atoms with Gasteiger partial charge in [-0.2, -0.15) is 0 Å². The average molecular weight is 382 g/mol. The summed E-state index contributed by atoms with van der Waals surface area (Å²) in [5.74, 6) is 0.0757. The van der Waals surface area contributed by atoms with Gasteiger partial charge in [0.1, 0.15) is 17.1 Å². The van der Waals surface area contributed by atoms with Gasteiger partial charge in [-0.1, -0.05) is 6.07 Å². The molecule has 1 saturated heterocycles. The van der Waals surface area contributed by atoms with Gasteiger partial charge in [-0.15, -0.1) is 0 Å². The molecule has 1 N–H and O–H groups in total. The molecule has 1 aliphatic heterocycles. The number of ether oxygens (including phenoxy) is 1. The van der Waals surface area contributed by atoms with E-state index in [0.29, 0.717) is 38.5 Å². The molecule has 2 aromatic rings. The maximum Gasteiger partial charge on any atom is 0.274 e. The smallest absolute Gasteiger partial charge is 0.274 e. The summed E-state index contributed by atoms with van der Waals surface area (Å²) < 4.78 is 5.37. The number of piperazine rings is 1. The molecule has 0 bridgehead atoms. The Hall–Kier alpha value is -3.42. The van der Waals surface area contributed by atoms with Crippen LogP contribution in [0.2, 0.25) is 0 Å². The number of benzene rings is 1. The monoisotopic (exact) mass is 382 g/mol. The normalized spacial score (nSPS) is 13.8. The molecule has 0 radical (unpaired) electrons. The predicted molar refractivity (Wildman–Crippen MR) is 103 cm³/mol. The minimum absolute atomic E-state index is 0.159. The van der Waals surface area contributed by atoms with E-state index >= 15 is 0 Å². The Kier molecular flexibility index (Phi) is 6.21. The second kappa shape index (κ2) is 8.98. The number of carbonyl (C=O) groups excluding carboxylic acids is 3. The Bertz CT molecular complexity index is 846. The molecule has 1 aromatic heterocycles. The standard InChI is InChI=1S/C20H22N4O4/c1-2-28-16-8-6-15(7-9-16)21-19(26)17-4-3-5-18(22-17)20(27)24-12-10-23(14-25)11-13-24/h3-9,14H,2,10-13H2,1H3,(H,21,26). The van der Waals surface area contributed by atoms with Gasteiger partial charge in [-0.25, -0.2) is 4.98 Å². The number of hydrogen-bond acceptors (Lipinski definition) is 5. The molecular weight excluding hydrogens is 360 g/mol. The Morgan fingerprint density at radius 3 is 2.39 bits per heavy atom. The van der Waals surface area contributed by atoms with E-state index in [0.717, 1.165) is 12.2 Å². The molecule has 28 heavy (non-hydrogen) atoms. The summed E-state index contributed by atoms with van der Waals surface area (Å²) in [5, 5.41) is 2.76. The SMILES string of the molecule is CCOc1ccc(NC(=O)c2cccc(C(=O)N3CCN(C=O)CC3)n2)cc1. The number of aromatic nitrogens is 1. The maximum atomic E-state index is 12.6. The average Bonchev–Trinajstić information content (AvgIpc) is 2.75. The highest BCUT2D eigenvalue weighted by molar-refractivity contribution is 6.03. The molecule has 3 rings (SSSR count). The van der Waals surface area contributed by atoms with E-state index in [2.05, 4.69) is 10.3 Å². The van der Waals surface area contributed by atoms with Gasteiger partial charge in [0.25, 0.3) is 11.8 Å². The van der Waals surface area contributed by atoms with Gasteiger partial charge >= 0.3 is 0 Å². The van der Waals surface area contributed by atoms with Crippen molar-refractivity contribution in [3.05, 3.63) is 53.9 Å². The van der Waals surface area contributed by atoms with Gasteiger partial charge in [0.05, 0.1) is 6.61 Å². The number of carbonyl (C=O) groups is 3. The van der Waals surface area contributed by atoms with Gasteiger partial charge < -0.3 is 19.9 Å². The lowest BCUT2D eigenvalue weighted by Gasteiger charge is -2.32. The van der Waals surface area contributed by atoms with Crippen LogP contribution in [-0.2, 0) is 4.79 Å². The third kappa shape index (κ3) is 4.64. The van der Waals surface area contributed by atoms with Gasteiger partial charge in [0, 0.05) is 31.9 Å². The molecule has 0 spiro atoms. The van der Waals surface area contributed by atoms with Crippen molar-refractivity contribution >= 4 is 23.9 Å². The first-order chi connectivity index (χ1) is 13.6. The Labute approximate surface area is 163 Å². The third-order valence-electron chi connectivity index (χ3n) is 4.37. The van der Waals surface area contributed by atoms with E-state index in [4.69, 9.17) is 4.74 Å². The van der Waals surface area contributed by atoms with Crippen molar-refractivity contribution in [3.63, 3.8) is 0 Å². The summed E-state index contributed by atoms with van der Waals surface area (Å²) in [4.78, 5) is 43.4. The van der Waals surface area contributed by atoms with Gasteiger partial charge in [-0.05, 0) is 43.3 Å². The molecule has 3 amide bonds. The van der Waals surface area contributed by atoms with E-state index in [1.165, 1.54) is 0 Å². The number of hydrogen-bond donors (Lipinski definition) is 1. The Morgan fingerprint density at radius 2 is 1.75 bits per heavy atom. The summed E-state index contributed by atoms with van der Waals surface area (Å²) in [7, 11) is 0. The van der Waals surface area contributed by atoms with E-state index in [1.807, 2.05) is 6.92 Å². The third-order valence-corrected chi connectivity index (χ3v) is 4.37. The molecule has 8 nitrogen and oxygen atoms in total. The molecule has 1 aliphatic rings. The van der Waals surface area contributed by atoms with Crippen LogP contribution in [0.4, 0.5) is 5.69 Å². The lowest BCUT2D eigenvalue weighted by Crippen LogP contribution is -2.48. The topological polar surface area (TPSA) is 91.8 Å². The molecule has 1 aromatic carbocycles. The highest BCUT2D eigenvalue weighted by Crippen LogP contribution is 2.16. The predicted octanol–water partition coefficient (Wildman–Crippen LogP) is 1.65. The first kappa shape index (κ1) is 19.3. The summed E-state index contributed by atoms with van der Waals surface area (Å²) in [6.07, 6.45) is 0.784. The second-order valence-electron chi connectivity index (χ2n) is 6.25. The number of amides is 3. The van der Waals surface area contributed by atoms with Crippen molar-refractivity contribution in [3.8, 4) is 5.75 Å². The van der Waals surface area contributed by atoms with E-state index in [1.54, 1.807) is 52.3 Å². The molecule has 0 unspecified atom stereocenters. The molecule has 8 heteroatoms. The summed E-state index contributed by atoms with van der Waals surface area (Å²) in [6, 6.07) is 11.8. The Balaban J connectivity index is 1.65. The first-order valence-corrected chi connectivity index (χ1v) is 9.10. The molecule has 1 fully saturated rings. The fourth-order valence-corrected chi connectivity index (χ4v) is 2.87. The fraction of sp³-hybridized carbons (Fsp3) is 0.300. The zero-order chi connectivity index (χ0) is 19.9. The molecule has 0 aliphatic carbocycles. The van der Waals surface area contributed by atoms with Crippen LogP contribution in [0.1, 0.15) is 27.9 Å². The van der Waals surface area contributed by atoms with Crippen LogP contribution in [-0.4, -0.2) is 65.8 Å². The van der Waals surface area contributed by atoms with Crippen molar-refractivity contribution in [2.75, 3.05) is 38.1 Å². The largest absolute Gasteiger partial charge is 0.494 e. The van der Waals surface area contributed by atoms with Crippen molar-refractivity contribution in [1.29, 1.82) is 0 Å². The highest BCUT2D eigenvalue weighted by Gasteiger charge is 2.23. The van der Waals surface area contributed by atoms with Crippen LogP contribution in [0.25, 0.3) is 0 Å². The molecule has 146 valence electrons. The number of nitrogens with one attached hydrogen (secondary N) is 1.